The van der Waals surface area contributed by atoms with Crippen LogP contribution in [-0.4, -0.2) is 28.3 Å². The van der Waals surface area contributed by atoms with Gasteiger partial charge in [-0.3, -0.25) is 9.48 Å². The van der Waals surface area contributed by atoms with Gasteiger partial charge >= 0.3 is 5.97 Å². The molecule has 0 atom stereocenters. The predicted octanol–water partition coefficient (Wildman–Crippen LogP) is 3.17. The molecule has 0 aliphatic carbocycles. The van der Waals surface area contributed by atoms with Gasteiger partial charge in [0.15, 0.2) is 6.61 Å². The van der Waals surface area contributed by atoms with E-state index in [1.807, 2.05) is 30.3 Å². The Kier molecular flexibility index (Phi) is 5.61. The van der Waals surface area contributed by atoms with Gasteiger partial charge in [0.1, 0.15) is 5.82 Å². The molecule has 7 heteroatoms. The molecule has 1 amide bonds. The fourth-order valence-electron chi connectivity index (χ4n) is 2.46. The number of halogens is 1. The fourth-order valence-corrected chi connectivity index (χ4v) is 2.46. The third-order valence-corrected chi connectivity index (χ3v) is 3.86. The summed E-state index contributed by atoms with van der Waals surface area (Å²) in [4.78, 5) is 24.0. The van der Waals surface area contributed by atoms with E-state index in [2.05, 4.69) is 10.4 Å². The molecule has 3 aromatic rings. The Morgan fingerprint density at radius 2 is 1.96 bits per heavy atom. The minimum absolute atomic E-state index is 0.251. The van der Waals surface area contributed by atoms with Crippen LogP contribution in [0.3, 0.4) is 0 Å². The predicted molar refractivity (Wildman–Crippen MR) is 97.8 cm³/mol. The smallest absolute Gasteiger partial charge is 0.341 e. The topological polar surface area (TPSA) is 73.2 Å². The molecule has 27 heavy (non-hydrogen) atoms. The summed E-state index contributed by atoms with van der Waals surface area (Å²) in [5.41, 5.74) is 2.34. The van der Waals surface area contributed by atoms with Crippen LogP contribution in [0.5, 0.6) is 0 Å². The van der Waals surface area contributed by atoms with Gasteiger partial charge in [0.05, 0.1) is 18.3 Å². The molecule has 0 unspecified atom stereocenters. The van der Waals surface area contributed by atoms with Crippen LogP contribution < -0.4 is 5.32 Å². The van der Waals surface area contributed by atoms with Gasteiger partial charge in [0.2, 0.25) is 0 Å². The Morgan fingerprint density at radius 3 is 2.74 bits per heavy atom. The maximum Gasteiger partial charge on any atom is 0.341 e. The first-order valence-corrected chi connectivity index (χ1v) is 8.31. The molecule has 138 valence electrons. The van der Waals surface area contributed by atoms with Crippen LogP contribution >= 0.6 is 0 Å². The number of amides is 1. The van der Waals surface area contributed by atoms with Crippen LogP contribution in [-0.2, 0) is 16.1 Å². The number of nitrogens with one attached hydrogen (secondary N) is 1. The van der Waals surface area contributed by atoms with Crippen LogP contribution in [0, 0.1) is 12.7 Å². The molecule has 0 fully saturated rings. The molecule has 1 aromatic heterocycles. The maximum absolute atomic E-state index is 13.2. The second kappa shape index (κ2) is 8.27. The van der Waals surface area contributed by atoms with Crippen molar-refractivity contribution >= 4 is 17.6 Å². The number of carbonyl (C=O) groups excluding carboxylic acids is 2. The van der Waals surface area contributed by atoms with Crippen LogP contribution in [0.2, 0.25) is 0 Å². The van der Waals surface area contributed by atoms with Gasteiger partial charge in [0.25, 0.3) is 5.91 Å². The van der Waals surface area contributed by atoms with Gasteiger partial charge < -0.3 is 10.1 Å². The van der Waals surface area contributed by atoms with Gasteiger partial charge in [-0.15, -0.1) is 0 Å². The quantitative estimate of drug-likeness (QED) is 0.679. The number of benzene rings is 2. The van der Waals surface area contributed by atoms with Crippen molar-refractivity contribution < 1.29 is 18.7 Å². The van der Waals surface area contributed by atoms with Crippen molar-refractivity contribution in [3.8, 4) is 0 Å². The van der Waals surface area contributed by atoms with Crippen molar-refractivity contribution in [2.45, 2.75) is 13.5 Å². The molecule has 1 heterocycles. The van der Waals surface area contributed by atoms with Crippen LogP contribution in [0.15, 0.2) is 60.9 Å². The zero-order valence-corrected chi connectivity index (χ0v) is 14.7. The highest BCUT2D eigenvalue weighted by Crippen LogP contribution is 2.15. The number of nitrogens with zero attached hydrogens (tertiary/aromatic N) is 2. The maximum atomic E-state index is 13.2. The lowest BCUT2D eigenvalue weighted by Gasteiger charge is -2.08. The van der Waals surface area contributed by atoms with Gasteiger partial charge in [-0.05, 0) is 30.2 Å². The number of aryl methyl sites for hydroxylation is 1. The Balaban J connectivity index is 1.53. The van der Waals surface area contributed by atoms with Crippen molar-refractivity contribution in [2.24, 2.45) is 0 Å². The number of esters is 1. The number of carbonyl (C=O) groups is 2. The van der Waals surface area contributed by atoms with E-state index in [9.17, 15) is 14.0 Å². The van der Waals surface area contributed by atoms with Crippen LogP contribution in [0.1, 0.15) is 21.5 Å². The first-order valence-electron chi connectivity index (χ1n) is 8.31. The lowest BCUT2D eigenvalue weighted by molar-refractivity contribution is -0.119. The van der Waals surface area contributed by atoms with E-state index in [4.69, 9.17) is 4.74 Å². The molecule has 0 aliphatic rings. The van der Waals surface area contributed by atoms with E-state index in [1.165, 1.54) is 18.3 Å². The summed E-state index contributed by atoms with van der Waals surface area (Å²) in [7, 11) is 0. The lowest BCUT2D eigenvalue weighted by Crippen LogP contribution is -2.21. The molecular formula is C20H18FN3O3. The summed E-state index contributed by atoms with van der Waals surface area (Å²) in [6.07, 6.45) is 2.95. The molecular weight excluding hydrogens is 349 g/mol. The first-order chi connectivity index (χ1) is 13.0. The molecule has 0 aliphatic heterocycles. The molecule has 0 spiro atoms. The van der Waals surface area contributed by atoms with Crippen molar-refractivity contribution in [1.29, 1.82) is 0 Å². The molecule has 0 saturated carbocycles. The zero-order chi connectivity index (χ0) is 19.2. The Bertz CT molecular complexity index is 954. The van der Waals surface area contributed by atoms with Crippen LogP contribution in [0.4, 0.5) is 10.1 Å². The Hall–Kier alpha value is -3.48. The van der Waals surface area contributed by atoms with E-state index >= 15 is 0 Å². The standard InChI is InChI=1S/C20H18FN3O3/c1-14-7-8-17(21)9-18(14)23-19(25)13-27-20(26)16-10-22-24(12-16)11-15-5-3-2-4-6-15/h2-10,12H,11,13H2,1H3,(H,23,25). The highest BCUT2D eigenvalue weighted by atomic mass is 19.1. The van der Waals surface area contributed by atoms with Crippen molar-refractivity contribution in [3.63, 3.8) is 0 Å². The highest BCUT2D eigenvalue weighted by Gasteiger charge is 2.13. The van der Waals surface area contributed by atoms with Crippen molar-refractivity contribution in [1.82, 2.24) is 9.78 Å². The Morgan fingerprint density at radius 1 is 1.19 bits per heavy atom. The van der Waals surface area contributed by atoms with E-state index in [0.717, 1.165) is 5.56 Å². The second-order valence-electron chi connectivity index (χ2n) is 6.00. The molecule has 0 saturated heterocycles. The van der Waals surface area contributed by atoms with E-state index in [1.54, 1.807) is 23.9 Å². The van der Waals surface area contributed by atoms with Gasteiger partial charge in [-0.25, -0.2) is 9.18 Å². The average molecular weight is 367 g/mol. The van der Waals surface area contributed by atoms with E-state index in [0.29, 0.717) is 17.8 Å². The summed E-state index contributed by atoms with van der Waals surface area (Å²) in [5, 5.41) is 6.64. The fraction of sp³-hybridized carbons (Fsp3) is 0.150. The molecule has 3 rings (SSSR count). The summed E-state index contributed by atoms with van der Waals surface area (Å²) >= 11 is 0. The minimum Gasteiger partial charge on any atom is -0.452 e. The normalized spacial score (nSPS) is 10.4. The number of hydrogen-bond donors (Lipinski definition) is 1. The van der Waals surface area contributed by atoms with Gasteiger partial charge in [-0.1, -0.05) is 36.4 Å². The number of anilines is 1. The number of ether oxygens (including phenoxy) is 1. The van der Waals surface area contributed by atoms with Gasteiger partial charge in [-0.2, -0.15) is 5.10 Å². The van der Waals surface area contributed by atoms with Crippen molar-refractivity contribution in [3.05, 3.63) is 83.4 Å². The summed E-state index contributed by atoms with van der Waals surface area (Å²) in [5.74, 6) is -1.66. The summed E-state index contributed by atoms with van der Waals surface area (Å²) in [6.45, 7) is 1.79. The summed E-state index contributed by atoms with van der Waals surface area (Å²) < 4.78 is 19.9. The molecule has 1 N–H and O–H groups in total. The third kappa shape index (κ3) is 5.01. The molecule has 6 nitrogen and oxygen atoms in total. The summed E-state index contributed by atoms with van der Waals surface area (Å²) in [6, 6.07) is 13.8. The van der Waals surface area contributed by atoms with Crippen molar-refractivity contribution in [2.75, 3.05) is 11.9 Å². The SMILES string of the molecule is Cc1ccc(F)cc1NC(=O)COC(=O)c1cnn(Cc2ccccc2)c1. The molecule has 0 radical (unpaired) electrons. The van der Waals surface area contributed by atoms with E-state index < -0.39 is 24.3 Å². The monoisotopic (exact) mass is 367 g/mol. The second-order valence-corrected chi connectivity index (χ2v) is 6.00. The zero-order valence-electron chi connectivity index (χ0n) is 14.7. The number of hydrogen-bond acceptors (Lipinski definition) is 4. The largest absolute Gasteiger partial charge is 0.452 e. The first kappa shape index (κ1) is 18.3. The Labute approximate surface area is 155 Å². The van der Waals surface area contributed by atoms with E-state index in [-0.39, 0.29) is 5.56 Å². The number of rotatable bonds is 6. The average Bonchev–Trinajstić information content (AvgIpc) is 3.12. The third-order valence-electron chi connectivity index (χ3n) is 3.86. The molecule has 2 aromatic carbocycles. The molecule has 0 bridgehead atoms. The lowest BCUT2D eigenvalue weighted by atomic mass is 10.2. The highest BCUT2D eigenvalue weighted by molar-refractivity contribution is 5.95. The minimum atomic E-state index is -0.652. The number of aromatic nitrogens is 2. The van der Waals surface area contributed by atoms with Gasteiger partial charge in [0, 0.05) is 11.9 Å². The van der Waals surface area contributed by atoms with Crippen LogP contribution in [0.25, 0.3) is 0 Å².